The molecule has 116 valence electrons. The van der Waals surface area contributed by atoms with Crippen molar-refractivity contribution in [1.82, 2.24) is 0 Å². The second-order valence-electron chi connectivity index (χ2n) is 6.25. The van der Waals surface area contributed by atoms with Gasteiger partial charge in [-0.05, 0) is 24.3 Å². The first kappa shape index (κ1) is 15.0. The Bertz CT molecular complexity index is 455. The van der Waals surface area contributed by atoms with Crippen LogP contribution in [-0.4, -0.2) is 44.2 Å². The average Bonchev–Trinajstić information content (AvgIpc) is 2.96. The summed E-state index contributed by atoms with van der Waals surface area (Å²) in [6.45, 7) is 2.37. The van der Waals surface area contributed by atoms with Gasteiger partial charge in [0.05, 0.1) is 18.8 Å². The molecule has 2 aliphatic rings. The highest BCUT2D eigenvalue weighted by atomic mass is 16.6. The zero-order chi connectivity index (χ0) is 14.8. The van der Waals surface area contributed by atoms with Crippen LogP contribution in [0.5, 0.6) is 0 Å². The number of ether oxygens (including phenoxy) is 3. The van der Waals surface area contributed by atoms with Gasteiger partial charge >= 0.3 is 0 Å². The van der Waals surface area contributed by atoms with Gasteiger partial charge in [-0.3, -0.25) is 0 Å². The van der Waals surface area contributed by atoms with E-state index in [4.69, 9.17) is 14.2 Å². The Balaban J connectivity index is 1.86. The van der Waals surface area contributed by atoms with E-state index < -0.39 is 5.60 Å². The zero-order valence-electron chi connectivity index (χ0n) is 12.6. The molecule has 4 nitrogen and oxygen atoms in total. The highest BCUT2D eigenvalue weighted by Gasteiger charge is 2.48. The minimum absolute atomic E-state index is 0.121. The van der Waals surface area contributed by atoms with Crippen molar-refractivity contribution in [3.63, 3.8) is 0 Å². The molecule has 1 aromatic carbocycles. The van der Waals surface area contributed by atoms with Gasteiger partial charge in [0, 0.05) is 26.7 Å². The summed E-state index contributed by atoms with van der Waals surface area (Å²) in [4.78, 5) is 0. The van der Waals surface area contributed by atoms with E-state index in [1.165, 1.54) is 0 Å². The van der Waals surface area contributed by atoms with E-state index in [0.717, 1.165) is 31.4 Å². The summed E-state index contributed by atoms with van der Waals surface area (Å²) in [6, 6.07) is 9.85. The van der Waals surface area contributed by atoms with E-state index in [1.54, 1.807) is 7.11 Å². The van der Waals surface area contributed by atoms with Crippen LogP contribution in [0.15, 0.2) is 30.3 Å². The fourth-order valence-corrected chi connectivity index (χ4v) is 3.68. The summed E-state index contributed by atoms with van der Waals surface area (Å²) in [5, 5.41) is 11.3. The van der Waals surface area contributed by atoms with Crippen LogP contribution in [0, 0.1) is 5.92 Å². The Morgan fingerprint density at radius 3 is 2.81 bits per heavy atom. The van der Waals surface area contributed by atoms with Crippen LogP contribution in [0.3, 0.4) is 0 Å². The van der Waals surface area contributed by atoms with Gasteiger partial charge in [0.25, 0.3) is 0 Å². The van der Waals surface area contributed by atoms with E-state index in [-0.39, 0.29) is 11.5 Å². The predicted octanol–water partition coefficient (Wildman–Crippen LogP) is 2.11. The van der Waals surface area contributed by atoms with Gasteiger partial charge in [-0.25, -0.2) is 0 Å². The van der Waals surface area contributed by atoms with Crippen LogP contribution in [-0.2, 0) is 19.8 Å². The van der Waals surface area contributed by atoms with Crippen molar-refractivity contribution < 1.29 is 19.3 Å². The van der Waals surface area contributed by atoms with Crippen LogP contribution in [0.2, 0.25) is 0 Å². The van der Waals surface area contributed by atoms with Crippen molar-refractivity contribution in [3.05, 3.63) is 35.9 Å². The van der Waals surface area contributed by atoms with Crippen molar-refractivity contribution in [2.75, 3.05) is 33.5 Å². The molecule has 2 heterocycles. The number of benzene rings is 1. The molecule has 2 saturated heterocycles. The van der Waals surface area contributed by atoms with Crippen LogP contribution in [0.25, 0.3) is 0 Å². The second kappa shape index (κ2) is 6.05. The molecule has 0 radical (unpaired) electrons. The maximum Gasteiger partial charge on any atom is 0.116 e. The molecule has 21 heavy (non-hydrogen) atoms. The molecule has 0 aromatic heterocycles. The van der Waals surface area contributed by atoms with Gasteiger partial charge in [0.2, 0.25) is 0 Å². The Morgan fingerprint density at radius 2 is 2.14 bits per heavy atom. The van der Waals surface area contributed by atoms with Crippen LogP contribution in [0.4, 0.5) is 0 Å². The average molecular weight is 292 g/mol. The van der Waals surface area contributed by atoms with Gasteiger partial charge in [-0.2, -0.15) is 0 Å². The predicted molar refractivity (Wildman–Crippen MR) is 79.1 cm³/mol. The van der Waals surface area contributed by atoms with Gasteiger partial charge in [-0.1, -0.05) is 30.3 Å². The number of hydrogen-bond donors (Lipinski definition) is 1. The molecule has 3 unspecified atom stereocenters. The van der Waals surface area contributed by atoms with Crippen LogP contribution >= 0.6 is 0 Å². The lowest BCUT2D eigenvalue weighted by Gasteiger charge is -2.44. The zero-order valence-corrected chi connectivity index (χ0v) is 12.6. The highest BCUT2D eigenvalue weighted by molar-refractivity contribution is 5.24. The van der Waals surface area contributed by atoms with Crippen molar-refractivity contribution in [2.24, 2.45) is 5.92 Å². The molecular formula is C17H24O4. The Labute approximate surface area is 126 Å². The summed E-state index contributed by atoms with van der Waals surface area (Å²) in [7, 11) is 1.64. The van der Waals surface area contributed by atoms with Crippen LogP contribution in [0.1, 0.15) is 24.8 Å². The third-order valence-corrected chi connectivity index (χ3v) is 4.87. The first-order chi connectivity index (χ1) is 10.2. The third-order valence-electron chi connectivity index (χ3n) is 4.87. The Morgan fingerprint density at radius 1 is 1.33 bits per heavy atom. The van der Waals surface area contributed by atoms with Gasteiger partial charge in [-0.15, -0.1) is 0 Å². The maximum atomic E-state index is 11.3. The SMILES string of the molecule is COCC(O)(c1ccccc1)C1CCOC2(CCOC2)C1. The topological polar surface area (TPSA) is 47.9 Å². The van der Waals surface area contributed by atoms with Crippen molar-refractivity contribution in [1.29, 1.82) is 0 Å². The normalized spacial score (nSPS) is 32.2. The standard InChI is InChI=1S/C17H24O4/c1-19-13-17(18,14-5-3-2-4-6-14)15-7-9-21-16(11-15)8-10-20-12-16/h2-6,15,18H,7-13H2,1H3. The molecule has 0 aliphatic carbocycles. The number of aliphatic hydroxyl groups is 1. The minimum atomic E-state index is -0.963. The smallest absolute Gasteiger partial charge is 0.116 e. The molecule has 0 saturated carbocycles. The maximum absolute atomic E-state index is 11.3. The molecule has 1 N–H and O–H groups in total. The number of rotatable bonds is 4. The van der Waals surface area contributed by atoms with Crippen LogP contribution < -0.4 is 0 Å². The lowest BCUT2D eigenvalue weighted by atomic mass is 9.72. The molecule has 2 aliphatic heterocycles. The lowest BCUT2D eigenvalue weighted by Crippen LogP contribution is -2.49. The third kappa shape index (κ3) is 2.86. The van der Waals surface area contributed by atoms with Crippen molar-refractivity contribution >= 4 is 0 Å². The number of hydrogen-bond acceptors (Lipinski definition) is 4. The largest absolute Gasteiger partial charge is 0.382 e. The number of methoxy groups -OCH3 is 1. The monoisotopic (exact) mass is 292 g/mol. The van der Waals surface area contributed by atoms with E-state index in [2.05, 4.69) is 0 Å². The van der Waals surface area contributed by atoms with E-state index in [9.17, 15) is 5.11 Å². The summed E-state index contributed by atoms with van der Waals surface area (Å²) in [5.74, 6) is 0.121. The molecule has 3 atom stereocenters. The minimum Gasteiger partial charge on any atom is -0.382 e. The second-order valence-corrected chi connectivity index (χ2v) is 6.25. The first-order valence-corrected chi connectivity index (χ1v) is 7.67. The van der Waals surface area contributed by atoms with Crippen molar-refractivity contribution in [2.45, 2.75) is 30.5 Å². The van der Waals surface area contributed by atoms with E-state index in [0.29, 0.717) is 19.8 Å². The van der Waals surface area contributed by atoms with Gasteiger partial charge in [0.1, 0.15) is 5.60 Å². The fourth-order valence-electron chi connectivity index (χ4n) is 3.68. The fraction of sp³-hybridized carbons (Fsp3) is 0.647. The van der Waals surface area contributed by atoms with Gasteiger partial charge < -0.3 is 19.3 Å². The van der Waals surface area contributed by atoms with E-state index >= 15 is 0 Å². The lowest BCUT2D eigenvalue weighted by molar-refractivity contribution is -0.161. The summed E-state index contributed by atoms with van der Waals surface area (Å²) >= 11 is 0. The molecular weight excluding hydrogens is 268 g/mol. The van der Waals surface area contributed by atoms with Gasteiger partial charge in [0.15, 0.2) is 0 Å². The molecule has 3 rings (SSSR count). The Hall–Kier alpha value is -0.940. The Kier molecular flexibility index (Phi) is 4.31. The first-order valence-electron chi connectivity index (χ1n) is 7.67. The molecule has 0 bridgehead atoms. The summed E-state index contributed by atoms with van der Waals surface area (Å²) in [5.41, 5.74) is -0.248. The molecule has 2 fully saturated rings. The summed E-state index contributed by atoms with van der Waals surface area (Å²) in [6.07, 6.45) is 2.58. The molecule has 1 spiro atoms. The molecule has 4 heteroatoms. The van der Waals surface area contributed by atoms with E-state index in [1.807, 2.05) is 30.3 Å². The molecule has 0 amide bonds. The quantitative estimate of drug-likeness (QED) is 0.923. The highest BCUT2D eigenvalue weighted by Crippen LogP contribution is 2.44. The summed E-state index contributed by atoms with van der Waals surface area (Å²) < 4.78 is 16.9. The van der Waals surface area contributed by atoms with Crippen molar-refractivity contribution in [3.8, 4) is 0 Å². The molecule has 1 aromatic rings.